The van der Waals surface area contributed by atoms with Crippen molar-refractivity contribution in [2.75, 3.05) is 7.05 Å². The molecule has 8 heteroatoms. The number of nitrogens with zero attached hydrogens (tertiary/aromatic N) is 4. The zero-order valence-corrected chi connectivity index (χ0v) is 14.6. The molecule has 0 bridgehead atoms. The van der Waals surface area contributed by atoms with Gasteiger partial charge in [0, 0.05) is 37.1 Å². The van der Waals surface area contributed by atoms with Crippen molar-refractivity contribution >= 4 is 29.0 Å². The van der Waals surface area contributed by atoms with Crippen molar-refractivity contribution in [1.82, 2.24) is 25.0 Å². The average molecular weight is 362 g/mol. The number of rotatable bonds is 5. The van der Waals surface area contributed by atoms with Gasteiger partial charge in [0.15, 0.2) is 5.82 Å². The number of hydrogen-bond acceptors (Lipinski definition) is 4. The third kappa shape index (κ3) is 4.12. The van der Waals surface area contributed by atoms with Gasteiger partial charge in [0.1, 0.15) is 0 Å². The third-order valence-electron chi connectivity index (χ3n) is 3.36. The SMILES string of the molecule is CN(Cc1ccc(Cl)s1)C(=O)NCc1ccc(-n2cccn2)nc1. The summed E-state index contributed by atoms with van der Waals surface area (Å²) < 4.78 is 2.41. The van der Waals surface area contributed by atoms with Crippen LogP contribution in [0.1, 0.15) is 10.4 Å². The van der Waals surface area contributed by atoms with Gasteiger partial charge in [-0.25, -0.2) is 14.5 Å². The monoisotopic (exact) mass is 361 g/mol. The number of carbonyl (C=O) groups excluding carboxylic acids is 1. The Labute approximate surface area is 148 Å². The molecule has 0 saturated carbocycles. The highest BCUT2D eigenvalue weighted by molar-refractivity contribution is 7.16. The first kappa shape index (κ1) is 16.5. The maximum Gasteiger partial charge on any atom is 0.317 e. The molecule has 124 valence electrons. The van der Waals surface area contributed by atoms with Crippen LogP contribution in [0.5, 0.6) is 0 Å². The molecule has 24 heavy (non-hydrogen) atoms. The molecular formula is C16H16ClN5OS. The molecule has 3 rings (SSSR count). The summed E-state index contributed by atoms with van der Waals surface area (Å²) in [6.07, 6.45) is 5.26. The predicted molar refractivity (Wildman–Crippen MR) is 94.4 cm³/mol. The van der Waals surface area contributed by atoms with Gasteiger partial charge in [0.2, 0.25) is 0 Å². The number of amides is 2. The van der Waals surface area contributed by atoms with Crippen LogP contribution in [0.3, 0.4) is 0 Å². The summed E-state index contributed by atoms with van der Waals surface area (Å²) >= 11 is 7.37. The van der Waals surface area contributed by atoms with E-state index < -0.39 is 0 Å². The van der Waals surface area contributed by atoms with E-state index in [9.17, 15) is 4.79 Å². The van der Waals surface area contributed by atoms with E-state index in [2.05, 4.69) is 15.4 Å². The van der Waals surface area contributed by atoms with Crippen LogP contribution >= 0.6 is 22.9 Å². The van der Waals surface area contributed by atoms with Crippen molar-refractivity contribution in [3.05, 3.63) is 63.7 Å². The Kier molecular flexibility index (Phi) is 5.12. The van der Waals surface area contributed by atoms with E-state index in [0.717, 1.165) is 20.6 Å². The normalized spacial score (nSPS) is 10.6. The topological polar surface area (TPSA) is 63.1 Å². The number of halogens is 1. The minimum atomic E-state index is -0.143. The summed E-state index contributed by atoms with van der Waals surface area (Å²) in [6.45, 7) is 0.945. The van der Waals surface area contributed by atoms with Gasteiger partial charge in [0.05, 0.1) is 10.9 Å². The van der Waals surface area contributed by atoms with Crippen LogP contribution in [0.4, 0.5) is 4.79 Å². The van der Waals surface area contributed by atoms with Crippen molar-refractivity contribution in [3.63, 3.8) is 0 Å². The minimum Gasteiger partial charge on any atom is -0.334 e. The second-order valence-corrected chi connectivity index (χ2v) is 7.00. The van der Waals surface area contributed by atoms with Crippen LogP contribution in [-0.2, 0) is 13.1 Å². The maximum atomic E-state index is 12.1. The molecular weight excluding hydrogens is 346 g/mol. The summed E-state index contributed by atoms with van der Waals surface area (Å²) in [6, 6.07) is 9.24. The summed E-state index contributed by atoms with van der Waals surface area (Å²) in [4.78, 5) is 19.1. The van der Waals surface area contributed by atoms with Crippen LogP contribution < -0.4 is 5.32 Å². The number of pyridine rings is 1. The highest BCUT2D eigenvalue weighted by Gasteiger charge is 2.10. The molecule has 0 fully saturated rings. The highest BCUT2D eigenvalue weighted by atomic mass is 35.5. The number of hydrogen-bond donors (Lipinski definition) is 1. The van der Waals surface area contributed by atoms with Crippen LogP contribution in [0.25, 0.3) is 5.82 Å². The standard InChI is InChI=1S/C16H16ClN5OS/c1-21(11-13-4-5-14(17)24-13)16(23)19-10-12-3-6-15(18-9-12)22-8-2-7-20-22/h2-9H,10-11H2,1H3,(H,19,23). The lowest BCUT2D eigenvalue weighted by Crippen LogP contribution is -2.36. The van der Waals surface area contributed by atoms with Crippen molar-refractivity contribution in [2.45, 2.75) is 13.1 Å². The fourth-order valence-electron chi connectivity index (χ4n) is 2.12. The quantitative estimate of drug-likeness (QED) is 0.758. The molecule has 0 aliphatic rings. The lowest BCUT2D eigenvalue weighted by molar-refractivity contribution is 0.207. The highest BCUT2D eigenvalue weighted by Crippen LogP contribution is 2.22. The number of nitrogens with one attached hydrogen (secondary N) is 1. The van der Waals surface area contributed by atoms with E-state index in [-0.39, 0.29) is 6.03 Å². The Hall–Kier alpha value is -2.38. The third-order valence-corrected chi connectivity index (χ3v) is 4.58. The second-order valence-electron chi connectivity index (χ2n) is 5.20. The van der Waals surface area contributed by atoms with Gasteiger partial charge in [0.25, 0.3) is 0 Å². The van der Waals surface area contributed by atoms with Gasteiger partial charge in [-0.05, 0) is 29.8 Å². The summed E-state index contributed by atoms with van der Waals surface area (Å²) in [7, 11) is 1.75. The molecule has 3 heterocycles. The van der Waals surface area contributed by atoms with Gasteiger partial charge in [-0.1, -0.05) is 17.7 Å². The number of thiophene rings is 1. The van der Waals surface area contributed by atoms with E-state index in [1.54, 1.807) is 29.0 Å². The van der Waals surface area contributed by atoms with Crippen LogP contribution in [0.15, 0.2) is 48.9 Å². The smallest absolute Gasteiger partial charge is 0.317 e. The molecule has 3 aromatic rings. The molecule has 0 aliphatic carbocycles. The Morgan fingerprint density at radius 3 is 2.88 bits per heavy atom. The largest absolute Gasteiger partial charge is 0.334 e. The fraction of sp³-hybridized carbons (Fsp3) is 0.188. The zero-order valence-electron chi connectivity index (χ0n) is 13.0. The molecule has 2 amide bonds. The van der Waals surface area contributed by atoms with Crippen molar-refractivity contribution in [3.8, 4) is 5.82 Å². The van der Waals surface area contributed by atoms with Gasteiger partial charge < -0.3 is 10.2 Å². The number of urea groups is 1. The zero-order chi connectivity index (χ0) is 16.9. The van der Waals surface area contributed by atoms with Gasteiger partial charge in [-0.15, -0.1) is 11.3 Å². The maximum absolute atomic E-state index is 12.1. The molecule has 0 saturated heterocycles. The van der Waals surface area contributed by atoms with Crippen LogP contribution in [-0.4, -0.2) is 32.7 Å². The molecule has 1 N–H and O–H groups in total. The lowest BCUT2D eigenvalue weighted by Gasteiger charge is -2.17. The van der Waals surface area contributed by atoms with E-state index in [1.165, 1.54) is 11.3 Å². The van der Waals surface area contributed by atoms with E-state index in [4.69, 9.17) is 11.6 Å². The van der Waals surface area contributed by atoms with Crippen molar-refractivity contribution in [2.24, 2.45) is 0 Å². The Bertz CT molecular complexity index is 800. The molecule has 0 aromatic carbocycles. The molecule has 0 radical (unpaired) electrons. The van der Waals surface area contributed by atoms with Crippen molar-refractivity contribution < 1.29 is 4.79 Å². The molecule has 6 nitrogen and oxygen atoms in total. The molecule has 0 unspecified atom stereocenters. The van der Waals surface area contributed by atoms with Crippen LogP contribution in [0, 0.1) is 0 Å². The van der Waals surface area contributed by atoms with Gasteiger partial charge in [-0.2, -0.15) is 5.10 Å². The Morgan fingerprint density at radius 2 is 2.25 bits per heavy atom. The predicted octanol–water partition coefficient (Wildman–Crippen LogP) is 3.32. The number of carbonyl (C=O) groups is 1. The summed E-state index contributed by atoms with van der Waals surface area (Å²) in [5.41, 5.74) is 0.923. The van der Waals surface area contributed by atoms with Crippen molar-refractivity contribution in [1.29, 1.82) is 0 Å². The van der Waals surface area contributed by atoms with E-state index in [1.807, 2.05) is 36.5 Å². The summed E-state index contributed by atoms with van der Waals surface area (Å²) in [5, 5.41) is 7.00. The second kappa shape index (κ2) is 7.46. The Balaban J connectivity index is 1.52. The van der Waals surface area contributed by atoms with E-state index >= 15 is 0 Å². The van der Waals surface area contributed by atoms with Gasteiger partial charge in [-0.3, -0.25) is 0 Å². The summed E-state index contributed by atoms with van der Waals surface area (Å²) in [5.74, 6) is 0.738. The minimum absolute atomic E-state index is 0.143. The first-order chi connectivity index (χ1) is 11.6. The average Bonchev–Trinajstić information content (AvgIpc) is 3.25. The Morgan fingerprint density at radius 1 is 1.38 bits per heavy atom. The number of aromatic nitrogens is 3. The molecule has 0 aliphatic heterocycles. The fourth-order valence-corrected chi connectivity index (χ4v) is 3.26. The van der Waals surface area contributed by atoms with Gasteiger partial charge >= 0.3 is 6.03 Å². The molecule has 3 aromatic heterocycles. The first-order valence-corrected chi connectivity index (χ1v) is 8.49. The van der Waals surface area contributed by atoms with Crippen LogP contribution in [0.2, 0.25) is 4.34 Å². The molecule has 0 spiro atoms. The molecule has 0 atom stereocenters. The lowest BCUT2D eigenvalue weighted by atomic mass is 10.3. The van der Waals surface area contributed by atoms with E-state index in [0.29, 0.717) is 13.1 Å². The first-order valence-electron chi connectivity index (χ1n) is 7.30.